The molecule has 0 amide bonds. The highest BCUT2D eigenvalue weighted by Crippen LogP contribution is 2.24. The predicted molar refractivity (Wildman–Crippen MR) is 31.6 cm³/mol. The van der Waals surface area contributed by atoms with Crippen molar-refractivity contribution in [2.24, 2.45) is 0 Å². The summed E-state index contributed by atoms with van der Waals surface area (Å²) in [4.78, 5) is 0. The van der Waals surface area contributed by atoms with Crippen molar-refractivity contribution in [2.75, 3.05) is 0 Å². The molecule has 0 saturated heterocycles. The molecule has 0 radical (unpaired) electrons. The van der Waals surface area contributed by atoms with E-state index in [-0.39, 0.29) is 6.04 Å². The van der Waals surface area contributed by atoms with Gasteiger partial charge in [0.15, 0.2) is 0 Å². The van der Waals surface area contributed by atoms with Gasteiger partial charge in [0.2, 0.25) is 0 Å². The van der Waals surface area contributed by atoms with Crippen molar-refractivity contribution in [3.8, 4) is 0 Å². The molecule has 8 heavy (non-hydrogen) atoms. The maximum atomic E-state index is 12.1. The fraction of sp³-hybridized carbons (Fsp3) is 1.00. The van der Waals surface area contributed by atoms with E-state index in [2.05, 4.69) is 5.32 Å². The first-order valence-electron chi connectivity index (χ1n) is 3.10. The Hall–Kier alpha value is -0.110. The van der Waals surface area contributed by atoms with Gasteiger partial charge in [0.25, 0.3) is 0 Å². The second-order valence-electron chi connectivity index (χ2n) is 2.68. The van der Waals surface area contributed by atoms with Crippen molar-refractivity contribution in [1.82, 2.24) is 5.32 Å². The first-order chi connectivity index (χ1) is 3.70. The molecule has 0 heterocycles. The summed E-state index contributed by atoms with van der Waals surface area (Å²) in [5, 5.41) is 3.09. The van der Waals surface area contributed by atoms with Crippen molar-refractivity contribution in [1.29, 1.82) is 0 Å². The van der Waals surface area contributed by atoms with E-state index in [1.807, 2.05) is 13.8 Å². The number of alkyl halides is 1. The highest BCUT2D eigenvalue weighted by molar-refractivity contribution is 4.94. The van der Waals surface area contributed by atoms with Crippen LogP contribution in [0.4, 0.5) is 4.39 Å². The second kappa shape index (κ2) is 2.02. The van der Waals surface area contributed by atoms with Crippen LogP contribution >= 0.6 is 0 Å². The van der Waals surface area contributed by atoms with Crippen molar-refractivity contribution in [3.05, 3.63) is 0 Å². The zero-order valence-corrected chi connectivity index (χ0v) is 5.32. The molecule has 2 atom stereocenters. The number of halogens is 1. The van der Waals surface area contributed by atoms with Gasteiger partial charge < -0.3 is 5.32 Å². The highest BCUT2D eigenvalue weighted by atomic mass is 19.1. The van der Waals surface area contributed by atoms with Crippen LogP contribution < -0.4 is 5.32 Å². The molecule has 1 saturated carbocycles. The Morgan fingerprint density at radius 1 is 1.62 bits per heavy atom. The standard InChI is InChI=1S/C6H12FN/c1-4(2)8-6-3-5(6)7/h4-6,8H,3H2,1-2H3/t5-,6+/m0/s1. The quantitative estimate of drug-likeness (QED) is 0.571. The fourth-order valence-electron chi connectivity index (χ4n) is 0.765. The Morgan fingerprint density at radius 2 is 2.12 bits per heavy atom. The molecule has 1 fully saturated rings. The van der Waals surface area contributed by atoms with Crippen LogP contribution in [0.1, 0.15) is 20.3 Å². The molecule has 0 aromatic carbocycles. The molecule has 1 N–H and O–H groups in total. The van der Waals surface area contributed by atoms with Crippen LogP contribution in [0, 0.1) is 0 Å². The fourth-order valence-corrected chi connectivity index (χ4v) is 0.765. The lowest BCUT2D eigenvalue weighted by molar-refractivity contribution is 0.434. The van der Waals surface area contributed by atoms with Gasteiger partial charge in [-0.3, -0.25) is 0 Å². The molecule has 0 bridgehead atoms. The molecule has 1 aliphatic rings. The molecule has 1 aliphatic carbocycles. The summed E-state index contributed by atoms with van der Waals surface area (Å²) < 4.78 is 12.1. The first kappa shape index (κ1) is 6.02. The number of nitrogens with one attached hydrogen (secondary N) is 1. The van der Waals surface area contributed by atoms with E-state index < -0.39 is 6.17 Å². The summed E-state index contributed by atoms with van der Waals surface area (Å²) >= 11 is 0. The molecule has 0 aliphatic heterocycles. The van der Waals surface area contributed by atoms with Crippen molar-refractivity contribution < 1.29 is 4.39 Å². The molecular formula is C6H12FN. The molecule has 48 valence electrons. The van der Waals surface area contributed by atoms with Gasteiger partial charge in [0.05, 0.1) is 0 Å². The number of hydrogen-bond acceptors (Lipinski definition) is 1. The third-order valence-electron chi connectivity index (χ3n) is 1.26. The van der Waals surface area contributed by atoms with Gasteiger partial charge in [0, 0.05) is 12.1 Å². The van der Waals surface area contributed by atoms with Crippen molar-refractivity contribution in [2.45, 2.75) is 38.5 Å². The largest absolute Gasteiger partial charge is 0.309 e. The van der Waals surface area contributed by atoms with Gasteiger partial charge in [-0.25, -0.2) is 4.39 Å². The van der Waals surface area contributed by atoms with Gasteiger partial charge in [-0.15, -0.1) is 0 Å². The molecular weight excluding hydrogens is 105 g/mol. The Labute approximate surface area is 49.3 Å². The van der Waals surface area contributed by atoms with Gasteiger partial charge in [-0.05, 0) is 6.42 Å². The lowest BCUT2D eigenvalue weighted by atomic mass is 10.4. The third-order valence-corrected chi connectivity index (χ3v) is 1.26. The van der Waals surface area contributed by atoms with E-state index in [0.717, 1.165) is 6.42 Å². The Balaban J connectivity index is 2.05. The van der Waals surface area contributed by atoms with Gasteiger partial charge >= 0.3 is 0 Å². The Morgan fingerprint density at radius 3 is 2.25 bits per heavy atom. The smallest absolute Gasteiger partial charge is 0.117 e. The van der Waals surface area contributed by atoms with Crippen LogP contribution in [-0.2, 0) is 0 Å². The maximum absolute atomic E-state index is 12.1. The Bertz CT molecular complexity index is 82.6. The SMILES string of the molecule is CC(C)N[C@@H]1C[C@@H]1F. The highest BCUT2D eigenvalue weighted by Gasteiger charge is 2.37. The average Bonchev–Trinajstić information content (AvgIpc) is 2.17. The summed E-state index contributed by atoms with van der Waals surface area (Å²) in [6.45, 7) is 4.07. The molecule has 0 aromatic rings. The zero-order valence-electron chi connectivity index (χ0n) is 5.32. The Kier molecular flexibility index (Phi) is 1.52. The molecule has 2 heteroatoms. The molecule has 1 nitrogen and oxygen atoms in total. The lowest BCUT2D eigenvalue weighted by Crippen LogP contribution is -2.26. The summed E-state index contributed by atoms with van der Waals surface area (Å²) in [6, 6.07) is 0.607. The maximum Gasteiger partial charge on any atom is 0.117 e. The molecule has 0 unspecified atom stereocenters. The van der Waals surface area contributed by atoms with Gasteiger partial charge in [-0.2, -0.15) is 0 Å². The minimum Gasteiger partial charge on any atom is -0.309 e. The first-order valence-corrected chi connectivity index (χ1v) is 3.10. The second-order valence-corrected chi connectivity index (χ2v) is 2.68. The van der Waals surface area contributed by atoms with E-state index in [9.17, 15) is 4.39 Å². The van der Waals surface area contributed by atoms with Crippen LogP contribution in [-0.4, -0.2) is 18.3 Å². The van der Waals surface area contributed by atoms with Crippen molar-refractivity contribution >= 4 is 0 Å². The number of rotatable bonds is 2. The lowest BCUT2D eigenvalue weighted by Gasteiger charge is -2.03. The van der Waals surface area contributed by atoms with E-state index in [0.29, 0.717) is 6.04 Å². The summed E-state index contributed by atoms with van der Waals surface area (Å²) in [5.74, 6) is 0. The molecule has 0 spiro atoms. The number of hydrogen-bond donors (Lipinski definition) is 1. The minimum absolute atomic E-state index is 0.176. The van der Waals surface area contributed by atoms with Crippen LogP contribution in [0.2, 0.25) is 0 Å². The summed E-state index contributed by atoms with van der Waals surface area (Å²) in [7, 11) is 0. The van der Waals surface area contributed by atoms with E-state index in [4.69, 9.17) is 0 Å². The molecule has 0 aromatic heterocycles. The van der Waals surface area contributed by atoms with Gasteiger partial charge in [-0.1, -0.05) is 13.8 Å². The zero-order chi connectivity index (χ0) is 6.15. The van der Waals surface area contributed by atoms with E-state index in [1.165, 1.54) is 0 Å². The average molecular weight is 117 g/mol. The normalized spacial score (nSPS) is 36.0. The van der Waals surface area contributed by atoms with Crippen LogP contribution in [0.15, 0.2) is 0 Å². The topological polar surface area (TPSA) is 12.0 Å². The van der Waals surface area contributed by atoms with Gasteiger partial charge in [0.1, 0.15) is 6.17 Å². The van der Waals surface area contributed by atoms with Crippen molar-refractivity contribution in [3.63, 3.8) is 0 Å². The van der Waals surface area contributed by atoms with E-state index >= 15 is 0 Å². The summed E-state index contributed by atoms with van der Waals surface area (Å²) in [5.41, 5.74) is 0. The monoisotopic (exact) mass is 117 g/mol. The third kappa shape index (κ3) is 1.44. The van der Waals surface area contributed by atoms with Crippen LogP contribution in [0.3, 0.4) is 0 Å². The van der Waals surface area contributed by atoms with E-state index in [1.54, 1.807) is 0 Å². The van der Waals surface area contributed by atoms with Crippen LogP contribution in [0.5, 0.6) is 0 Å². The predicted octanol–water partition coefficient (Wildman–Crippen LogP) is 1.09. The summed E-state index contributed by atoms with van der Waals surface area (Å²) in [6.07, 6.45) is 0.162. The van der Waals surface area contributed by atoms with Crippen LogP contribution in [0.25, 0.3) is 0 Å². The minimum atomic E-state index is -0.558. The molecule has 1 rings (SSSR count).